The van der Waals surface area contributed by atoms with Crippen LogP contribution in [0.4, 0.5) is 0 Å². The van der Waals surface area contributed by atoms with Crippen molar-refractivity contribution in [1.82, 2.24) is 10.6 Å². The van der Waals surface area contributed by atoms with Crippen LogP contribution >= 0.6 is 0 Å². The third-order valence-electron chi connectivity index (χ3n) is 2.46. The first-order valence-electron chi connectivity index (χ1n) is 6.03. The second-order valence-electron chi connectivity index (χ2n) is 4.46. The van der Waals surface area contributed by atoms with E-state index in [0.29, 0.717) is 0 Å². The summed E-state index contributed by atoms with van der Waals surface area (Å²) in [4.78, 5) is 31.6. The average molecular weight is 292 g/mol. The van der Waals surface area contributed by atoms with Crippen molar-refractivity contribution >= 4 is 17.9 Å². The van der Waals surface area contributed by atoms with Crippen molar-refractivity contribution in [3.8, 4) is 0 Å². The van der Waals surface area contributed by atoms with E-state index >= 15 is 0 Å². The summed E-state index contributed by atoms with van der Waals surface area (Å²) in [7, 11) is 0. The maximum atomic E-state index is 10.7. The van der Waals surface area contributed by atoms with Gasteiger partial charge in [-0.3, -0.25) is 14.4 Å². The van der Waals surface area contributed by atoms with Gasteiger partial charge in [0.15, 0.2) is 0 Å². The molecule has 0 amide bonds. The lowest BCUT2D eigenvalue weighted by atomic mass is 10.2. The predicted octanol–water partition coefficient (Wildman–Crippen LogP) is -1.68. The molecule has 3 unspecified atom stereocenters. The Hall–Kier alpha value is -1.71. The molecular formula is C11H20N2O7. The van der Waals surface area contributed by atoms with Gasteiger partial charge < -0.3 is 31.1 Å². The maximum Gasteiger partial charge on any atom is 0.321 e. The van der Waals surface area contributed by atoms with Gasteiger partial charge in [-0.05, 0) is 6.92 Å². The van der Waals surface area contributed by atoms with Crippen LogP contribution in [0.2, 0.25) is 0 Å². The molecule has 0 heterocycles. The molecule has 0 aliphatic rings. The standard InChI is InChI=1S/C11H20N2O7/c1-6(2-9(15)16)12-4-7(14)5-13-8(11(19)20)3-10(17)18/h6-8,12-14H,2-5H2,1H3,(H,15,16)(H,17,18)(H,19,20). The third kappa shape index (κ3) is 9.25. The average Bonchev–Trinajstić information content (AvgIpc) is 2.30. The van der Waals surface area contributed by atoms with E-state index in [2.05, 4.69) is 10.6 Å². The minimum Gasteiger partial charge on any atom is -0.481 e. The van der Waals surface area contributed by atoms with E-state index in [1.54, 1.807) is 6.92 Å². The Balaban J connectivity index is 4.00. The Morgan fingerprint density at radius 1 is 0.950 bits per heavy atom. The van der Waals surface area contributed by atoms with Crippen molar-refractivity contribution in [2.75, 3.05) is 13.1 Å². The highest BCUT2D eigenvalue weighted by Gasteiger charge is 2.21. The topological polar surface area (TPSA) is 156 Å². The zero-order valence-corrected chi connectivity index (χ0v) is 11.1. The number of hydrogen-bond acceptors (Lipinski definition) is 6. The van der Waals surface area contributed by atoms with Gasteiger partial charge in [-0.15, -0.1) is 0 Å². The zero-order chi connectivity index (χ0) is 15.7. The van der Waals surface area contributed by atoms with Crippen LogP contribution < -0.4 is 10.6 Å². The van der Waals surface area contributed by atoms with Crippen LogP contribution in [0.3, 0.4) is 0 Å². The molecule has 20 heavy (non-hydrogen) atoms. The highest BCUT2D eigenvalue weighted by Crippen LogP contribution is 1.94. The molecule has 9 nitrogen and oxygen atoms in total. The molecule has 0 rings (SSSR count). The monoisotopic (exact) mass is 292 g/mol. The fourth-order valence-corrected chi connectivity index (χ4v) is 1.44. The SMILES string of the molecule is CC(CC(=O)O)NCC(O)CNC(CC(=O)O)C(=O)O. The summed E-state index contributed by atoms with van der Waals surface area (Å²) in [5.74, 6) is -3.54. The highest BCUT2D eigenvalue weighted by molar-refractivity contribution is 5.80. The lowest BCUT2D eigenvalue weighted by Crippen LogP contribution is -2.45. The van der Waals surface area contributed by atoms with Gasteiger partial charge in [0.2, 0.25) is 0 Å². The van der Waals surface area contributed by atoms with Crippen molar-refractivity contribution in [3.63, 3.8) is 0 Å². The largest absolute Gasteiger partial charge is 0.481 e. The number of carboxylic acid groups (broad SMARTS) is 3. The number of hydrogen-bond donors (Lipinski definition) is 6. The molecule has 3 atom stereocenters. The Kier molecular flexibility index (Phi) is 8.45. The van der Waals surface area contributed by atoms with E-state index in [-0.39, 0.29) is 25.6 Å². The van der Waals surface area contributed by atoms with Crippen molar-refractivity contribution in [2.24, 2.45) is 0 Å². The summed E-state index contributed by atoms with van der Waals surface area (Å²) >= 11 is 0. The predicted molar refractivity (Wildman–Crippen MR) is 67.4 cm³/mol. The molecule has 0 aromatic carbocycles. The molecule has 0 aliphatic heterocycles. The highest BCUT2D eigenvalue weighted by atomic mass is 16.4. The molecule has 0 saturated carbocycles. The lowest BCUT2D eigenvalue weighted by Gasteiger charge is -2.18. The number of aliphatic hydroxyl groups excluding tert-OH is 1. The van der Waals surface area contributed by atoms with Crippen molar-refractivity contribution in [3.05, 3.63) is 0 Å². The van der Waals surface area contributed by atoms with Gasteiger partial charge in [-0.2, -0.15) is 0 Å². The smallest absolute Gasteiger partial charge is 0.321 e. The Bertz CT molecular complexity index is 348. The number of nitrogens with one attached hydrogen (secondary N) is 2. The summed E-state index contributed by atoms with van der Waals surface area (Å²) in [5, 5.41) is 40.6. The van der Waals surface area contributed by atoms with Crippen molar-refractivity contribution in [1.29, 1.82) is 0 Å². The van der Waals surface area contributed by atoms with E-state index in [1.165, 1.54) is 0 Å². The fraction of sp³-hybridized carbons (Fsp3) is 0.727. The number of aliphatic carboxylic acids is 3. The van der Waals surface area contributed by atoms with Crippen molar-refractivity contribution in [2.45, 2.75) is 38.0 Å². The molecule has 0 spiro atoms. The first-order valence-corrected chi connectivity index (χ1v) is 6.03. The molecule has 9 heteroatoms. The molecule has 0 aromatic rings. The van der Waals surface area contributed by atoms with E-state index in [4.69, 9.17) is 15.3 Å². The van der Waals surface area contributed by atoms with Gasteiger partial charge >= 0.3 is 17.9 Å². The number of aliphatic hydroxyl groups is 1. The Labute approximate surface area is 115 Å². The molecule has 116 valence electrons. The van der Waals surface area contributed by atoms with E-state index < -0.39 is 36.5 Å². The van der Waals surface area contributed by atoms with Crippen LogP contribution in [0.15, 0.2) is 0 Å². The van der Waals surface area contributed by atoms with E-state index in [1.807, 2.05) is 0 Å². The molecule has 0 saturated heterocycles. The Morgan fingerprint density at radius 2 is 1.45 bits per heavy atom. The number of rotatable bonds is 11. The molecule has 0 fully saturated rings. The van der Waals surface area contributed by atoms with E-state index in [0.717, 1.165) is 0 Å². The van der Waals surface area contributed by atoms with Gasteiger partial charge in [0, 0.05) is 19.1 Å². The summed E-state index contributed by atoms with van der Waals surface area (Å²) in [6.45, 7) is 1.59. The minimum atomic E-state index is -1.31. The normalized spacial score (nSPS) is 15.3. The lowest BCUT2D eigenvalue weighted by molar-refractivity contribution is -0.146. The van der Waals surface area contributed by atoms with E-state index in [9.17, 15) is 19.5 Å². The quantitative estimate of drug-likeness (QED) is 0.261. The van der Waals surface area contributed by atoms with Crippen LogP contribution in [0, 0.1) is 0 Å². The molecule has 0 radical (unpaired) electrons. The minimum absolute atomic E-state index is 0.0703. The second-order valence-corrected chi connectivity index (χ2v) is 4.46. The molecule has 0 aliphatic carbocycles. The first-order chi connectivity index (χ1) is 9.22. The van der Waals surface area contributed by atoms with Crippen LogP contribution in [0.1, 0.15) is 19.8 Å². The third-order valence-corrected chi connectivity index (χ3v) is 2.46. The summed E-state index contributed by atoms with van der Waals surface area (Å²) < 4.78 is 0. The molecular weight excluding hydrogens is 272 g/mol. The zero-order valence-electron chi connectivity index (χ0n) is 11.1. The van der Waals surface area contributed by atoms with Gasteiger partial charge in [-0.25, -0.2) is 0 Å². The van der Waals surface area contributed by atoms with Crippen LogP contribution in [-0.4, -0.2) is 69.6 Å². The van der Waals surface area contributed by atoms with Crippen LogP contribution in [-0.2, 0) is 14.4 Å². The number of carboxylic acids is 3. The van der Waals surface area contributed by atoms with Crippen LogP contribution in [0.25, 0.3) is 0 Å². The maximum absolute atomic E-state index is 10.7. The van der Waals surface area contributed by atoms with Gasteiger partial charge in [0.1, 0.15) is 6.04 Å². The summed E-state index contributed by atoms with van der Waals surface area (Å²) in [6.07, 6.45) is -1.65. The molecule has 6 N–H and O–H groups in total. The summed E-state index contributed by atoms with van der Waals surface area (Å²) in [5.41, 5.74) is 0. The molecule has 0 aromatic heterocycles. The fourth-order valence-electron chi connectivity index (χ4n) is 1.44. The Morgan fingerprint density at radius 3 is 1.90 bits per heavy atom. The van der Waals surface area contributed by atoms with Gasteiger partial charge in [0.05, 0.1) is 18.9 Å². The van der Waals surface area contributed by atoms with Crippen molar-refractivity contribution < 1.29 is 34.8 Å². The summed E-state index contributed by atoms with van der Waals surface area (Å²) in [6, 6.07) is -1.62. The van der Waals surface area contributed by atoms with Gasteiger partial charge in [0.25, 0.3) is 0 Å². The second kappa shape index (κ2) is 9.23. The number of carbonyl (C=O) groups is 3. The van der Waals surface area contributed by atoms with Gasteiger partial charge in [-0.1, -0.05) is 0 Å². The first kappa shape index (κ1) is 18.3. The molecule has 0 bridgehead atoms. The van der Waals surface area contributed by atoms with Crippen LogP contribution in [0.5, 0.6) is 0 Å².